The normalized spacial score (nSPS) is 11.1. The van der Waals surface area contributed by atoms with Crippen LogP contribution < -0.4 is 10.9 Å². The molecule has 0 aliphatic rings. The van der Waals surface area contributed by atoms with Gasteiger partial charge >= 0.3 is 0 Å². The summed E-state index contributed by atoms with van der Waals surface area (Å²) in [5.74, 6) is 0. The van der Waals surface area contributed by atoms with Gasteiger partial charge < -0.3 is 9.72 Å². The Morgan fingerprint density at radius 2 is 1.82 bits per heavy atom. The molecular formula is C21H18Cl2N4O. The Morgan fingerprint density at radius 3 is 2.54 bits per heavy atom. The van der Waals surface area contributed by atoms with Gasteiger partial charge in [0, 0.05) is 46.3 Å². The summed E-state index contributed by atoms with van der Waals surface area (Å²) in [7, 11) is 0. The van der Waals surface area contributed by atoms with E-state index in [9.17, 15) is 4.79 Å². The second-order valence-electron chi connectivity index (χ2n) is 6.55. The highest BCUT2D eigenvalue weighted by Gasteiger charge is 2.13. The van der Waals surface area contributed by atoms with Gasteiger partial charge in [-0.3, -0.25) is 9.36 Å². The SMILES string of the molecule is Cc1nc2c(NCc3c(Cl)cccc3Cl)cc(-n3ccccc3=O)cn2c1C. The quantitative estimate of drug-likeness (QED) is 0.511. The number of nitrogens with one attached hydrogen (secondary N) is 1. The third-order valence-electron chi connectivity index (χ3n) is 4.80. The summed E-state index contributed by atoms with van der Waals surface area (Å²) in [6.45, 7) is 4.40. The lowest BCUT2D eigenvalue weighted by Crippen LogP contribution is -2.16. The standard InChI is InChI=1S/C21H18Cl2N4O/c1-13-14(2)27-12-15(26-9-4-3-8-20(26)28)10-19(21(27)25-13)24-11-16-17(22)6-5-7-18(16)23/h3-10,12,24H,11H2,1-2H3. The average molecular weight is 413 g/mol. The zero-order valence-corrected chi connectivity index (χ0v) is 16.9. The highest BCUT2D eigenvalue weighted by Crippen LogP contribution is 2.28. The maximum absolute atomic E-state index is 12.3. The molecule has 0 bridgehead atoms. The number of aryl methyl sites for hydroxylation is 2. The molecule has 142 valence electrons. The second-order valence-corrected chi connectivity index (χ2v) is 7.37. The summed E-state index contributed by atoms with van der Waals surface area (Å²) in [4.78, 5) is 17.0. The van der Waals surface area contributed by atoms with E-state index in [1.54, 1.807) is 16.8 Å². The maximum atomic E-state index is 12.3. The lowest BCUT2D eigenvalue weighted by atomic mass is 10.2. The van der Waals surface area contributed by atoms with Crippen molar-refractivity contribution >= 4 is 34.5 Å². The van der Waals surface area contributed by atoms with Gasteiger partial charge in [-0.2, -0.15) is 0 Å². The van der Waals surface area contributed by atoms with Crippen LogP contribution in [0.5, 0.6) is 0 Å². The van der Waals surface area contributed by atoms with Crippen LogP contribution in [0, 0.1) is 13.8 Å². The number of anilines is 1. The first-order chi connectivity index (χ1) is 13.5. The van der Waals surface area contributed by atoms with E-state index >= 15 is 0 Å². The van der Waals surface area contributed by atoms with Crippen LogP contribution in [0.2, 0.25) is 10.0 Å². The molecular weight excluding hydrogens is 395 g/mol. The van der Waals surface area contributed by atoms with Crippen molar-refractivity contribution < 1.29 is 0 Å². The molecule has 0 saturated heterocycles. The topological polar surface area (TPSA) is 51.3 Å². The van der Waals surface area contributed by atoms with E-state index in [0.717, 1.165) is 34.0 Å². The van der Waals surface area contributed by atoms with Gasteiger partial charge in [-0.05, 0) is 38.1 Å². The fourth-order valence-corrected chi connectivity index (χ4v) is 3.68. The van der Waals surface area contributed by atoms with Crippen LogP contribution in [0.25, 0.3) is 11.3 Å². The first-order valence-corrected chi connectivity index (χ1v) is 9.55. The number of hydrogen-bond donors (Lipinski definition) is 1. The van der Waals surface area contributed by atoms with Gasteiger partial charge in [0.25, 0.3) is 5.56 Å². The summed E-state index contributed by atoms with van der Waals surface area (Å²) in [6.07, 6.45) is 3.66. The number of aromatic nitrogens is 3. The summed E-state index contributed by atoms with van der Waals surface area (Å²) < 4.78 is 3.59. The van der Waals surface area contributed by atoms with Gasteiger partial charge in [0.05, 0.1) is 17.1 Å². The van der Waals surface area contributed by atoms with Crippen LogP contribution in [-0.2, 0) is 6.54 Å². The Bertz CT molecular complexity index is 1220. The Balaban J connectivity index is 1.84. The minimum Gasteiger partial charge on any atom is -0.378 e. The molecule has 7 heteroatoms. The van der Waals surface area contributed by atoms with E-state index in [1.807, 2.05) is 54.8 Å². The Kier molecular flexibility index (Phi) is 4.87. The van der Waals surface area contributed by atoms with Crippen molar-refractivity contribution in [3.05, 3.63) is 92.2 Å². The molecule has 28 heavy (non-hydrogen) atoms. The van der Waals surface area contributed by atoms with Crippen LogP contribution in [0.15, 0.2) is 59.7 Å². The molecule has 3 aromatic heterocycles. The number of fused-ring (bicyclic) bond motifs is 1. The van der Waals surface area contributed by atoms with Crippen LogP contribution in [0.1, 0.15) is 17.0 Å². The van der Waals surface area contributed by atoms with Crippen molar-refractivity contribution in [1.29, 1.82) is 0 Å². The van der Waals surface area contributed by atoms with E-state index < -0.39 is 0 Å². The van der Waals surface area contributed by atoms with Gasteiger partial charge in [0.15, 0.2) is 5.65 Å². The zero-order valence-electron chi connectivity index (χ0n) is 15.4. The molecule has 0 saturated carbocycles. The molecule has 0 amide bonds. The third-order valence-corrected chi connectivity index (χ3v) is 5.51. The first-order valence-electron chi connectivity index (χ1n) is 8.80. The van der Waals surface area contributed by atoms with Crippen LogP contribution in [0.4, 0.5) is 5.69 Å². The minimum absolute atomic E-state index is 0.101. The average Bonchev–Trinajstić information content (AvgIpc) is 2.96. The van der Waals surface area contributed by atoms with E-state index in [2.05, 4.69) is 10.3 Å². The summed E-state index contributed by atoms with van der Waals surface area (Å²) >= 11 is 12.6. The number of hydrogen-bond acceptors (Lipinski definition) is 3. The first kappa shape index (κ1) is 18.6. The smallest absolute Gasteiger partial charge is 0.255 e. The predicted molar refractivity (Wildman–Crippen MR) is 114 cm³/mol. The van der Waals surface area contributed by atoms with E-state index in [0.29, 0.717) is 16.6 Å². The van der Waals surface area contributed by atoms with Gasteiger partial charge in [-0.25, -0.2) is 4.98 Å². The van der Waals surface area contributed by atoms with Gasteiger partial charge in [0.2, 0.25) is 0 Å². The molecule has 3 heterocycles. The molecule has 1 aromatic carbocycles. The molecule has 0 spiro atoms. The lowest BCUT2D eigenvalue weighted by Gasteiger charge is -2.14. The van der Waals surface area contributed by atoms with Gasteiger partial charge in [-0.1, -0.05) is 35.3 Å². The summed E-state index contributed by atoms with van der Waals surface area (Å²) in [5.41, 5.74) is 4.97. The van der Waals surface area contributed by atoms with Crippen LogP contribution >= 0.6 is 23.2 Å². The van der Waals surface area contributed by atoms with Crippen molar-refractivity contribution in [3.8, 4) is 5.69 Å². The largest absolute Gasteiger partial charge is 0.378 e. The number of rotatable bonds is 4. The van der Waals surface area contributed by atoms with Crippen molar-refractivity contribution in [1.82, 2.24) is 14.0 Å². The summed E-state index contributed by atoms with van der Waals surface area (Å²) in [6, 6.07) is 12.4. The molecule has 0 aliphatic carbocycles. The number of benzene rings is 1. The maximum Gasteiger partial charge on any atom is 0.255 e. The molecule has 5 nitrogen and oxygen atoms in total. The van der Waals surface area contributed by atoms with Crippen molar-refractivity contribution in [2.45, 2.75) is 20.4 Å². The third kappa shape index (κ3) is 3.28. The van der Waals surface area contributed by atoms with Gasteiger partial charge in [0.1, 0.15) is 0 Å². The fraction of sp³-hybridized carbons (Fsp3) is 0.143. The molecule has 0 unspecified atom stereocenters. The molecule has 4 rings (SSSR count). The van der Waals surface area contributed by atoms with Crippen LogP contribution in [0.3, 0.4) is 0 Å². The molecule has 4 aromatic rings. The highest BCUT2D eigenvalue weighted by molar-refractivity contribution is 6.36. The number of pyridine rings is 2. The number of halogens is 2. The molecule has 0 aliphatic heterocycles. The summed E-state index contributed by atoms with van der Waals surface area (Å²) in [5, 5.41) is 4.59. The molecule has 0 radical (unpaired) electrons. The van der Waals surface area contributed by atoms with Gasteiger partial charge in [-0.15, -0.1) is 0 Å². The molecule has 0 fully saturated rings. The fourth-order valence-electron chi connectivity index (χ4n) is 3.14. The van der Waals surface area contributed by atoms with E-state index in [4.69, 9.17) is 23.2 Å². The monoisotopic (exact) mass is 412 g/mol. The van der Waals surface area contributed by atoms with Crippen molar-refractivity contribution in [2.75, 3.05) is 5.32 Å². The lowest BCUT2D eigenvalue weighted by molar-refractivity contribution is 0.959. The Hall–Kier alpha value is -2.76. The Labute approximate surface area is 172 Å². The van der Waals surface area contributed by atoms with E-state index in [1.165, 1.54) is 6.07 Å². The second kappa shape index (κ2) is 7.34. The van der Waals surface area contributed by atoms with Crippen molar-refractivity contribution in [3.63, 3.8) is 0 Å². The van der Waals surface area contributed by atoms with Crippen LogP contribution in [-0.4, -0.2) is 14.0 Å². The minimum atomic E-state index is -0.101. The number of imidazole rings is 1. The zero-order chi connectivity index (χ0) is 19.8. The number of nitrogens with zero attached hydrogens (tertiary/aromatic N) is 3. The highest BCUT2D eigenvalue weighted by atomic mass is 35.5. The molecule has 1 N–H and O–H groups in total. The molecule has 0 atom stereocenters. The predicted octanol–water partition coefficient (Wildman–Crippen LogP) is 5.02. The van der Waals surface area contributed by atoms with Crippen molar-refractivity contribution in [2.24, 2.45) is 0 Å². The van der Waals surface area contributed by atoms with E-state index in [-0.39, 0.29) is 5.56 Å². The Morgan fingerprint density at radius 1 is 1.07 bits per heavy atom.